The van der Waals surface area contributed by atoms with E-state index in [4.69, 9.17) is 21.1 Å². The van der Waals surface area contributed by atoms with Crippen molar-refractivity contribution < 1.29 is 44.0 Å². The summed E-state index contributed by atoms with van der Waals surface area (Å²) in [5, 5.41) is 32.8. The number of ketones is 2. The molecule has 8 aliphatic rings. The van der Waals surface area contributed by atoms with Crippen LogP contribution in [0.2, 0.25) is 0 Å². The van der Waals surface area contributed by atoms with Gasteiger partial charge >= 0.3 is 11.9 Å². The molecule has 10 heteroatoms. The molecule has 0 aromatic heterocycles. The number of hydrogen-bond acceptors (Lipinski definition) is 9. The van der Waals surface area contributed by atoms with Crippen LogP contribution in [0.5, 0.6) is 0 Å². The van der Waals surface area contributed by atoms with Gasteiger partial charge in [0.1, 0.15) is 6.61 Å². The minimum atomic E-state index is -1.51. The summed E-state index contributed by atoms with van der Waals surface area (Å²) in [6.07, 6.45) is 17.6. The molecule has 0 heterocycles. The van der Waals surface area contributed by atoms with Crippen molar-refractivity contribution in [2.24, 2.45) is 68.5 Å². The third-order valence-electron chi connectivity index (χ3n) is 19.2. The van der Waals surface area contributed by atoms with E-state index >= 15 is 0 Å². The fourth-order valence-corrected chi connectivity index (χ4v) is 16.3. The zero-order valence-corrected chi connectivity index (χ0v) is 44.0. The standard InChI is InChI=1S/C29H39ClO6.C24H34O3.2C2H6/c1-7-24(33)35-16-23(32)29(36-25(34)8-2)18(4)14-21-20-10-9-19-13-17(3)11-12-26(19,5)28(20,30)22(31)15-27(21,29)6;1-14-6-8-22(3)18(10-14)15(2)11-16-17-7-9-23(4,20(27)13-25)24(17,5)12-19(26)21(16)22;2*1-2/h11-13,18,20-22,31H,3,7-10,14-16H2,1-2,4-6H3;6,8,10,15-17,19,21,25-26H,1,7,9,11-13H2,2-5H3;2*1-2H3/t18-,20-,21-,22-,26-,27-,28-,29-;15-,16-,17-,19-,21+,22-,23+,24-;;/m00../s1. The van der Waals surface area contributed by atoms with Gasteiger partial charge in [0.25, 0.3) is 0 Å². The van der Waals surface area contributed by atoms with Crippen molar-refractivity contribution in [3.63, 3.8) is 0 Å². The summed E-state index contributed by atoms with van der Waals surface area (Å²) in [7, 11) is 0. The number of rotatable bonds is 8. The van der Waals surface area contributed by atoms with Crippen LogP contribution in [0.1, 0.15) is 154 Å². The van der Waals surface area contributed by atoms with E-state index in [1.165, 1.54) is 11.1 Å². The Hall–Kier alpha value is -3.11. The molecule has 0 bridgehead atoms. The van der Waals surface area contributed by atoms with Gasteiger partial charge in [-0.25, -0.2) is 0 Å². The van der Waals surface area contributed by atoms with Crippen LogP contribution in [-0.4, -0.2) is 74.7 Å². The quantitative estimate of drug-likeness (QED) is 0.160. The van der Waals surface area contributed by atoms with Gasteiger partial charge in [0, 0.05) is 46.3 Å². The average molecular weight is 950 g/mol. The molecule has 0 unspecified atom stereocenters. The van der Waals surface area contributed by atoms with E-state index in [9.17, 15) is 34.5 Å². The first-order valence-corrected chi connectivity index (χ1v) is 26.1. The molecule has 0 aliphatic heterocycles. The number of halogens is 1. The lowest BCUT2D eigenvalue weighted by Gasteiger charge is -2.64. The Bertz CT molecular complexity index is 2080. The fraction of sp³-hybridized carbons (Fsp3) is 0.719. The summed E-state index contributed by atoms with van der Waals surface area (Å²) in [4.78, 5) is 50.2. The maximum Gasteiger partial charge on any atom is 0.306 e. The first kappa shape index (κ1) is 54.8. The summed E-state index contributed by atoms with van der Waals surface area (Å²) in [5.41, 5.74) is 0.697. The highest BCUT2D eigenvalue weighted by molar-refractivity contribution is 6.26. The Morgan fingerprint density at radius 3 is 2.01 bits per heavy atom. The van der Waals surface area contributed by atoms with E-state index < -0.39 is 69.9 Å². The second kappa shape index (κ2) is 19.9. The van der Waals surface area contributed by atoms with Crippen LogP contribution < -0.4 is 0 Å². The summed E-state index contributed by atoms with van der Waals surface area (Å²) in [6, 6.07) is 0. The molecule has 9 nitrogen and oxygen atoms in total. The SMILES string of the molecule is C=C1C=C[C@@]2(C)C(=C1)CC[C@H]1[C@@H]3C[C@H](C)[C@](OC(=O)CC)(C(=O)COC(=O)CC)[C@@]3(C)C[C@H](O)[C@@]12Cl.C=C1C=C[C@@]2(C)C(=C1)[C@@H](C)C[C@@H]1[C@@H]2[C@@H](O)C[C@@]2(C)[C@H]1CC[C@]2(C)C(=O)CO.CC.CC. The van der Waals surface area contributed by atoms with Crippen molar-refractivity contribution in [2.75, 3.05) is 13.2 Å². The van der Waals surface area contributed by atoms with Gasteiger partial charge in [-0.15, -0.1) is 11.6 Å². The zero-order valence-electron chi connectivity index (χ0n) is 43.2. The van der Waals surface area contributed by atoms with Gasteiger partial charge in [-0.3, -0.25) is 19.2 Å². The number of carbonyl (C=O) groups excluding carboxylic acids is 4. The van der Waals surface area contributed by atoms with Gasteiger partial charge < -0.3 is 24.8 Å². The van der Waals surface area contributed by atoms with Gasteiger partial charge in [0.05, 0.1) is 17.1 Å². The van der Waals surface area contributed by atoms with Crippen LogP contribution in [0, 0.1) is 68.5 Å². The topological polar surface area (TPSA) is 147 Å². The molecule has 0 radical (unpaired) electrons. The number of fused-ring (bicyclic) bond motifs is 10. The number of carbonyl (C=O) groups is 4. The Kier molecular flexibility index (Phi) is 16.3. The minimum absolute atomic E-state index is 0.0531. The van der Waals surface area contributed by atoms with Crippen LogP contribution in [-0.2, 0) is 28.7 Å². The second-order valence-electron chi connectivity index (χ2n) is 21.9. The van der Waals surface area contributed by atoms with E-state index in [0.717, 1.165) is 43.3 Å². The van der Waals surface area contributed by atoms with Crippen molar-refractivity contribution in [1.29, 1.82) is 0 Å². The number of aliphatic hydroxyl groups is 3. The molecule has 8 rings (SSSR count). The van der Waals surface area contributed by atoms with Gasteiger partial charge in [-0.05, 0) is 97.5 Å². The van der Waals surface area contributed by atoms with Gasteiger partial charge in [0.2, 0.25) is 5.78 Å². The smallest absolute Gasteiger partial charge is 0.306 e. The summed E-state index contributed by atoms with van der Waals surface area (Å²) in [5.74, 6) is -0.479. The normalized spacial score (nSPS) is 44.0. The van der Waals surface area contributed by atoms with Crippen molar-refractivity contribution in [3.05, 3.63) is 71.9 Å². The first-order valence-electron chi connectivity index (χ1n) is 25.7. The molecule has 374 valence electrons. The van der Waals surface area contributed by atoms with Crippen LogP contribution >= 0.6 is 11.6 Å². The highest BCUT2D eigenvalue weighted by atomic mass is 35.5. The maximum absolute atomic E-state index is 13.9. The number of esters is 2. The van der Waals surface area contributed by atoms with E-state index in [-0.39, 0.29) is 59.5 Å². The Balaban J connectivity index is 0.000000241. The van der Waals surface area contributed by atoms with Gasteiger partial charge in [-0.1, -0.05) is 151 Å². The Labute approximate surface area is 408 Å². The molecular formula is C57H85ClO9. The number of allylic oxidation sites excluding steroid dienone is 10. The molecule has 0 aromatic carbocycles. The number of ether oxygens (including phenoxy) is 2. The summed E-state index contributed by atoms with van der Waals surface area (Å²) >= 11 is 7.56. The summed E-state index contributed by atoms with van der Waals surface area (Å²) < 4.78 is 11.3. The van der Waals surface area contributed by atoms with Crippen LogP contribution in [0.15, 0.2) is 71.9 Å². The second-order valence-corrected chi connectivity index (χ2v) is 22.6. The molecular weight excluding hydrogens is 864 g/mol. The van der Waals surface area contributed by atoms with Crippen LogP contribution in [0.25, 0.3) is 0 Å². The van der Waals surface area contributed by atoms with E-state index in [0.29, 0.717) is 30.6 Å². The minimum Gasteiger partial charge on any atom is -0.457 e. The maximum atomic E-state index is 13.9. The lowest BCUT2D eigenvalue weighted by molar-refractivity contribution is -0.203. The Morgan fingerprint density at radius 1 is 0.791 bits per heavy atom. The fourth-order valence-electron chi connectivity index (χ4n) is 15.8. The lowest BCUT2D eigenvalue weighted by Crippen LogP contribution is -2.69. The van der Waals surface area contributed by atoms with Crippen LogP contribution in [0.3, 0.4) is 0 Å². The van der Waals surface area contributed by atoms with Gasteiger partial charge in [-0.2, -0.15) is 0 Å². The molecule has 16 atom stereocenters. The predicted molar refractivity (Wildman–Crippen MR) is 267 cm³/mol. The molecule has 6 fully saturated rings. The van der Waals surface area contributed by atoms with E-state index in [2.05, 4.69) is 71.2 Å². The van der Waals surface area contributed by atoms with E-state index in [1.807, 2.05) is 54.5 Å². The Morgan fingerprint density at radius 2 is 1.40 bits per heavy atom. The van der Waals surface area contributed by atoms with Crippen molar-refractivity contribution in [2.45, 2.75) is 177 Å². The highest BCUT2D eigenvalue weighted by Gasteiger charge is 2.76. The molecule has 6 saturated carbocycles. The summed E-state index contributed by atoms with van der Waals surface area (Å²) in [6.45, 7) is 33.5. The number of aliphatic hydroxyl groups excluding tert-OH is 3. The third-order valence-corrected chi connectivity index (χ3v) is 20.1. The highest BCUT2D eigenvalue weighted by Crippen LogP contribution is 2.73. The van der Waals surface area contributed by atoms with Crippen LogP contribution in [0.4, 0.5) is 0 Å². The molecule has 67 heavy (non-hydrogen) atoms. The lowest BCUT2D eigenvalue weighted by atomic mass is 9.43. The third kappa shape index (κ3) is 8.17. The first-order chi connectivity index (χ1) is 31.4. The number of hydrogen-bond donors (Lipinski definition) is 3. The van der Waals surface area contributed by atoms with Crippen molar-refractivity contribution >= 4 is 35.1 Å². The average Bonchev–Trinajstić information content (AvgIpc) is 3.70. The molecule has 0 spiro atoms. The van der Waals surface area contributed by atoms with Crippen molar-refractivity contribution in [3.8, 4) is 0 Å². The predicted octanol–water partition coefficient (Wildman–Crippen LogP) is 11.2. The molecule has 0 aromatic rings. The zero-order chi connectivity index (χ0) is 50.5. The monoisotopic (exact) mass is 949 g/mol. The van der Waals surface area contributed by atoms with E-state index in [1.54, 1.807) is 13.8 Å². The number of Topliss-reactive ketones (excluding diaryl/α,β-unsaturated/α-hetero) is 2. The number of alkyl halides is 1. The largest absolute Gasteiger partial charge is 0.457 e. The van der Waals surface area contributed by atoms with Gasteiger partial charge in [0.15, 0.2) is 18.0 Å². The van der Waals surface area contributed by atoms with Crippen molar-refractivity contribution in [1.82, 2.24) is 0 Å². The molecule has 3 N–H and O–H groups in total. The molecule has 0 saturated heterocycles. The molecule has 8 aliphatic carbocycles. The molecule has 0 amide bonds.